The number of imidazole rings is 1. The number of anilines is 1. The smallest absolute Gasteiger partial charge is 0.265 e. The van der Waals surface area contributed by atoms with Crippen LogP contribution in [0.5, 0.6) is 11.5 Å². The van der Waals surface area contributed by atoms with E-state index < -0.39 is 17.2 Å². The number of phenols is 1. The number of aromatic amines is 1. The summed E-state index contributed by atoms with van der Waals surface area (Å²) in [7, 11) is 1.55. The first-order chi connectivity index (χ1) is 17.6. The molecule has 1 aliphatic heterocycles. The number of nitrogens with one attached hydrogen (secondary N) is 1. The summed E-state index contributed by atoms with van der Waals surface area (Å²) in [6, 6.07) is 27.8. The lowest BCUT2D eigenvalue weighted by molar-refractivity contribution is -0.121. The van der Waals surface area contributed by atoms with Crippen LogP contribution in [-0.4, -0.2) is 34.0 Å². The summed E-state index contributed by atoms with van der Waals surface area (Å²) in [6.45, 7) is 0. The van der Waals surface area contributed by atoms with E-state index in [1.165, 1.54) is 6.07 Å². The average Bonchev–Trinajstić information content (AvgIpc) is 3.35. The number of imide groups is 1. The van der Waals surface area contributed by atoms with E-state index in [1.54, 1.807) is 73.8 Å². The number of aromatic hydroxyl groups is 1. The van der Waals surface area contributed by atoms with Gasteiger partial charge < -0.3 is 14.8 Å². The molecule has 176 valence electrons. The van der Waals surface area contributed by atoms with Gasteiger partial charge in [-0.1, -0.05) is 48.5 Å². The van der Waals surface area contributed by atoms with E-state index in [-0.39, 0.29) is 5.75 Å². The number of H-pyrrole nitrogens is 1. The topological polar surface area (TPSA) is 95.5 Å². The largest absolute Gasteiger partial charge is 0.508 e. The minimum Gasteiger partial charge on any atom is -0.508 e. The van der Waals surface area contributed by atoms with Crippen LogP contribution in [0.15, 0.2) is 97.1 Å². The third kappa shape index (κ3) is 2.96. The molecule has 0 spiro atoms. The van der Waals surface area contributed by atoms with Crippen LogP contribution in [0.4, 0.5) is 5.69 Å². The summed E-state index contributed by atoms with van der Waals surface area (Å²) in [5, 5.41) is 11.1. The van der Waals surface area contributed by atoms with Crippen LogP contribution in [0.1, 0.15) is 27.3 Å². The number of rotatable bonds is 4. The number of hydrogen-bond acceptors (Lipinski definition) is 5. The third-order valence-corrected chi connectivity index (χ3v) is 6.67. The molecule has 2 amide bonds. The number of ether oxygens (including phenoxy) is 1. The minimum absolute atomic E-state index is 0.0786. The molecule has 7 nitrogen and oxygen atoms in total. The van der Waals surface area contributed by atoms with Gasteiger partial charge in [0.25, 0.3) is 11.8 Å². The van der Waals surface area contributed by atoms with E-state index in [4.69, 9.17) is 9.72 Å². The van der Waals surface area contributed by atoms with Crippen molar-refractivity contribution >= 4 is 28.5 Å². The first kappa shape index (κ1) is 21.6. The zero-order chi connectivity index (χ0) is 24.9. The summed E-state index contributed by atoms with van der Waals surface area (Å²) < 4.78 is 5.26. The molecule has 1 aliphatic rings. The predicted molar refractivity (Wildman–Crippen MR) is 135 cm³/mol. The molecule has 1 atom stereocenters. The molecule has 4 aromatic carbocycles. The minimum atomic E-state index is -1.62. The Kier molecular flexibility index (Phi) is 4.86. The molecule has 0 saturated carbocycles. The van der Waals surface area contributed by atoms with Crippen molar-refractivity contribution in [3.63, 3.8) is 0 Å². The van der Waals surface area contributed by atoms with Gasteiger partial charge >= 0.3 is 0 Å². The summed E-state index contributed by atoms with van der Waals surface area (Å²) in [4.78, 5) is 37.8. The van der Waals surface area contributed by atoms with Gasteiger partial charge in [0.2, 0.25) is 0 Å². The number of para-hydroxylation sites is 3. The Balaban J connectivity index is 1.72. The molecular formula is C29H21N3O4. The molecular weight excluding hydrogens is 454 g/mol. The van der Waals surface area contributed by atoms with Gasteiger partial charge in [-0.2, -0.15) is 0 Å². The van der Waals surface area contributed by atoms with E-state index >= 15 is 0 Å². The van der Waals surface area contributed by atoms with Crippen molar-refractivity contribution in [3.05, 3.63) is 120 Å². The van der Waals surface area contributed by atoms with E-state index in [9.17, 15) is 14.7 Å². The van der Waals surface area contributed by atoms with Gasteiger partial charge in [0.1, 0.15) is 17.3 Å². The summed E-state index contributed by atoms with van der Waals surface area (Å²) in [5.41, 5.74) is 1.29. The van der Waals surface area contributed by atoms with Gasteiger partial charge in [0.15, 0.2) is 5.41 Å². The molecule has 7 heteroatoms. The Hall–Kier alpha value is -4.91. The van der Waals surface area contributed by atoms with Crippen LogP contribution in [0, 0.1) is 0 Å². The second-order valence-electron chi connectivity index (χ2n) is 8.56. The summed E-state index contributed by atoms with van der Waals surface area (Å²) in [5.74, 6) is -0.168. The zero-order valence-corrected chi connectivity index (χ0v) is 19.3. The molecule has 0 saturated heterocycles. The zero-order valence-electron chi connectivity index (χ0n) is 19.3. The lowest BCUT2D eigenvalue weighted by atomic mass is 9.68. The number of aromatic nitrogens is 2. The monoisotopic (exact) mass is 475 g/mol. The standard InChI is InChI=1S/C29H21N3O4/c1-36-19-16-14-18(15-17-19)32-26(34)20-8-2-3-9-21(20)29(28(32)35,22-10-4-7-13-25(22)33)27-30-23-11-5-6-12-24(23)31-27/h2-17,33H,1H3,(H,30,31). The number of carbonyl (C=O) groups excluding carboxylic acids is 2. The lowest BCUT2D eigenvalue weighted by Gasteiger charge is -2.41. The molecule has 2 N–H and O–H groups in total. The number of benzene rings is 4. The molecule has 0 fully saturated rings. The molecule has 1 aromatic heterocycles. The van der Waals surface area contributed by atoms with Crippen molar-refractivity contribution in [1.29, 1.82) is 0 Å². The number of fused-ring (bicyclic) bond motifs is 2. The van der Waals surface area contributed by atoms with Crippen LogP contribution in [0.2, 0.25) is 0 Å². The van der Waals surface area contributed by atoms with Gasteiger partial charge in [0.05, 0.1) is 23.8 Å². The fourth-order valence-electron chi connectivity index (χ4n) is 5.00. The highest BCUT2D eigenvalue weighted by atomic mass is 16.5. The maximum atomic E-state index is 14.7. The third-order valence-electron chi connectivity index (χ3n) is 6.67. The van der Waals surface area contributed by atoms with Crippen molar-refractivity contribution in [3.8, 4) is 11.5 Å². The van der Waals surface area contributed by atoms with Gasteiger partial charge in [-0.3, -0.25) is 9.59 Å². The first-order valence-electron chi connectivity index (χ1n) is 11.4. The Labute approximate surface area is 206 Å². The predicted octanol–water partition coefficient (Wildman–Crippen LogP) is 4.80. The Morgan fingerprint density at radius 3 is 2.22 bits per heavy atom. The van der Waals surface area contributed by atoms with Crippen molar-refractivity contribution < 1.29 is 19.4 Å². The highest BCUT2D eigenvalue weighted by molar-refractivity contribution is 6.29. The molecule has 0 bridgehead atoms. The molecule has 2 heterocycles. The number of carbonyl (C=O) groups is 2. The van der Waals surface area contributed by atoms with Gasteiger partial charge in [-0.15, -0.1) is 0 Å². The molecule has 6 rings (SSSR count). The van der Waals surface area contributed by atoms with Crippen LogP contribution in [-0.2, 0) is 10.2 Å². The van der Waals surface area contributed by atoms with E-state index in [2.05, 4.69) is 4.98 Å². The summed E-state index contributed by atoms with van der Waals surface area (Å²) >= 11 is 0. The van der Waals surface area contributed by atoms with Gasteiger partial charge in [0, 0.05) is 11.1 Å². The van der Waals surface area contributed by atoms with Crippen LogP contribution in [0.25, 0.3) is 11.0 Å². The molecule has 0 radical (unpaired) electrons. The number of phenolic OH excluding ortho intramolecular Hbond substituents is 1. The fourth-order valence-corrected chi connectivity index (χ4v) is 5.00. The number of methoxy groups -OCH3 is 1. The van der Waals surface area contributed by atoms with E-state index in [0.29, 0.717) is 39.5 Å². The molecule has 5 aromatic rings. The van der Waals surface area contributed by atoms with Crippen molar-refractivity contribution in [1.82, 2.24) is 9.97 Å². The van der Waals surface area contributed by atoms with Gasteiger partial charge in [-0.25, -0.2) is 9.88 Å². The second kappa shape index (κ2) is 8.09. The Morgan fingerprint density at radius 1 is 0.833 bits per heavy atom. The SMILES string of the molecule is COc1ccc(N2C(=O)c3ccccc3C(c3nc4ccccc4[nH]3)(c3ccccc3O)C2=O)cc1. The van der Waals surface area contributed by atoms with E-state index in [0.717, 1.165) is 10.4 Å². The molecule has 1 unspecified atom stereocenters. The second-order valence-corrected chi connectivity index (χ2v) is 8.56. The number of hydrogen-bond donors (Lipinski definition) is 2. The fraction of sp³-hybridized carbons (Fsp3) is 0.0690. The normalized spacial score (nSPS) is 17.3. The van der Waals surface area contributed by atoms with E-state index in [1.807, 2.05) is 24.3 Å². The lowest BCUT2D eigenvalue weighted by Crippen LogP contribution is -2.56. The van der Waals surface area contributed by atoms with Crippen LogP contribution in [0.3, 0.4) is 0 Å². The van der Waals surface area contributed by atoms with Crippen LogP contribution >= 0.6 is 0 Å². The summed E-state index contributed by atoms with van der Waals surface area (Å²) in [6.07, 6.45) is 0. The van der Waals surface area contributed by atoms with Crippen molar-refractivity contribution in [2.45, 2.75) is 5.41 Å². The number of nitrogens with zero attached hydrogens (tertiary/aromatic N) is 2. The molecule has 0 aliphatic carbocycles. The highest BCUT2D eigenvalue weighted by Gasteiger charge is 2.56. The first-order valence-corrected chi connectivity index (χ1v) is 11.4. The Morgan fingerprint density at radius 2 is 1.50 bits per heavy atom. The maximum Gasteiger partial charge on any atom is 0.265 e. The quantitative estimate of drug-likeness (QED) is 0.364. The van der Waals surface area contributed by atoms with Gasteiger partial charge in [-0.05, 0) is 54.1 Å². The maximum absolute atomic E-state index is 14.7. The average molecular weight is 476 g/mol. The Bertz CT molecular complexity index is 1610. The van der Waals surface area contributed by atoms with Crippen molar-refractivity contribution in [2.75, 3.05) is 12.0 Å². The number of amides is 2. The van der Waals surface area contributed by atoms with Crippen LogP contribution < -0.4 is 9.64 Å². The van der Waals surface area contributed by atoms with Crippen molar-refractivity contribution in [2.24, 2.45) is 0 Å². The highest BCUT2D eigenvalue weighted by Crippen LogP contribution is 2.48. The molecule has 36 heavy (non-hydrogen) atoms.